The summed E-state index contributed by atoms with van der Waals surface area (Å²) in [5, 5.41) is 0.713. The fourth-order valence-electron chi connectivity index (χ4n) is 3.77. The lowest BCUT2D eigenvalue weighted by atomic mass is 10.1. The summed E-state index contributed by atoms with van der Waals surface area (Å²) >= 11 is 4.53. The van der Waals surface area contributed by atoms with Gasteiger partial charge in [0.05, 0.1) is 35.9 Å². The molecule has 2 heterocycles. The molecule has 1 aromatic heterocycles. The summed E-state index contributed by atoms with van der Waals surface area (Å²) in [7, 11) is 1.29. The third kappa shape index (κ3) is 4.87. The number of hydrogen-bond donors (Lipinski definition) is 0. The van der Waals surface area contributed by atoms with E-state index < -0.39 is 5.97 Å². The van der Waals surface area contributed by atoms with Crippen molar-refractivity contribution in [1.82, 2.24) is 9.55 Å². The first-order chi connectivity index (χ1) is 17.4. The van der Waals surface area contributed by atoms with Crippen LogP contribution >= 0.6 is 27.7 Å². The molecule has 0 atom stereocenters. The van der Waals surface area contributed by atoms with E-state index in [2.05, 4.69) is 20.9 Å². The fourth-order valence-corrected chi connectivity index (χ4v) is 4.92. The van der Waals surface area contributed by atoms with Crippen LogP contribution in [0.2, 0.25) is 0 Å². The van der Waals surface area contributed by atoms with Gasteiger partial charge in [0.1, 0.15) is 0 Å². The molecule has 0 bridgehead atoms. The first kappa shape index (κ1) is 24.1. The van der Waals surface area contributed by atoms with Gasteiger partial charge in [-0.1, -0.05) is 45.9 Å². The number of ether oxygens (including phenoxy) is 3. The molecule has 0 unspecified atom stereocenters. The number of nitrogens with zero attached hydrogens (tertiary/aromatic N) is 2. The number of carbonyl (C=O) groups excluding carboxylic acids is 2. The summed E-state index contributed by atoms with van der Waals surface area (Å²) in [6, 6.07) is 17.2. The van der Waals surface area contributed by atoms with Crippen LogP contribution in [0.1, 0.15) is 26.3 Å². The predicted molar refractivity (Wildman–Crippen MR) is 138 cm³/mol. The van der Waals surface area contributed by atoms with Crippen LogP contribution in [0, 0.1) is 0 Å². The molecule has 10 heteroatoms. The number of esters is 1. The van der Waals surface area contributed by atoms with E-state index in [1.165, 1.54) is 35.6 Å². The normalized spacial score (nSPS) is 12.1. The van der Waals surface area contributed by atoms with Crippen molar-refractivity contribution in [3.63, 3.8) is 0 Å². The minimum absolute atomic E-state index is 0.0808. The third-order valence-electron chi connectivity index (χ3n) is 5.62. The quantitative estimate of drug-likeness (QED) is 0.137. The number of methoxy groups -OCH3 is 1. The van der Waals surface area contributed by atoms with E-state index in [-0.39, 0.29) is 36.0 Å². The van der Waals surface area contributed by atoms with Gasteiger partial charge in [-0.05, 0) is 48.0 Å². The number of halogens is 1. The van der Waals surface area contributed by atoms with Crippen LogP contribution in [0.5, 0.6) is 11.5 Å². The van der Waals surface area contributed by atoms with Crippen molar-refractivity contribution in [2.24, 2.45) is 0 Å². The highest BCUT2D eigenvalue weighted by Crippen LogP contribution is 2.33. The maximum atomic E-state index is 13.5. The Labute approximate surface area is 218 Å². The van der Waals surface area contributed by atoms with E-state index >= 15 is 0 Å². The number of thioether (sulfide) groups is 1. The molecular formula is C26H19BrN2O6S. The SMILES string of the molecule is COC(=O)c1ccc2c(=O)n(Cc3ccc4c(c3)OCO4)c(SCC(=O)c3ccc(Br)cc3)nc2c1. The highest BCUT2D eigenvalue weighted by atomic mass is 79.9. The average Bonchev–Trinajstić information content (AvgIpc) is 3.36. The predicted octanol–water partition coefficient (Wildman–Crippen LogP) is 4.70. The summed E-state index contributed by atoms with van der Waals surface area (Å²) in [4.78, 5) is 43.0. The number of benzene rings is 3. The Morgan fingerprint density at radius 2 is 1.78 bits per heavy atom. The Morgan fingerprint density at radius 3 is 2.56 bits per heavy atom. The molecule has 0 fully saturated rings. The Morgan fingerprint density at radius 1 is 1.03 bits per heavy atom. The largest absolute Gasteiger partial charge is 0.465 e. The molecule has 0 saturated heterocycles. The van der Waals surface area contributed by atoms with E-state index in [0.29, 0.717) is 33.1 Å². The molecule has 3 aromatic carbocycles. The van der Waals surface area contributed by atoms with Crippen LogP contribution < -0.4 is 15.0 Å². The van der Waals surface area contributed by atoms with Gasteiger partial charge in [0.2, 0.25) is 6.79 Å². The van der Waals surface area contributed by atoms with Gasteiger partial charge in [0, 0.05) is 10.0 Å². The van der Waals surface area contributed by atoms with E-state index in [1.54, 1.807) is 36.4 Å². The molecule has 0 aliphatic carbocycles. The van der Waals surface area contributed by atoms with Crippen LogP contribution in [0.15, 0.2) is 75.1 Å². The molecule has 8 nitrogen and oxygen atoms in total. The van der Waals surface area contributed by atoms with Crippen molar-refractivity contribution >= 4 is 50.3 Å². The van der Waals surface area contributed by atoms with Gasteiger partial charge in [-0.15, -0.1) is 0 Å². The first-order valence-electron chi connectivity index (χ1n) is 10.9. The zero-order valence-corrected chi connectivity index (χ0v) is 21.4. The summed E-state index contributed by atoms with van der Waals surface area (Å²) in [5.74, 6) is 0.712. The van der Waals surface area contributed by atoms with Gasteiger partial charge in [0.25, 0.3) is 5.56 Å². The van der Waals surface area contributed by atoms with E-state index in [4.69, 9.17) is 14.2 Å². The molecule has 182 valence electrons. The molecule has 4 aromatic rings. The van der Waals surface area contributed by atoms with Gasteiger partial charge < -0.3 is 14.2 Å². The summed E-state index contributed by atoms with van der Waals surface area (Å²) < 4.78 is 18.0. The number of aromatic nitrogens is 2. The zero-order valence-electron chi connectivity index (χ0n) is 19.0. The van der Waals surface area contributed by atoms with Gasteiger partial charge in [-0.3, -0.25) is 14.2 Å². The number of hydrogen-bond acceptors (Lipinski definition) is 8. The Balaban J connectivity index is 1.53. The molecule has 0 saturated carbocycles. The van der Waals surface area contributed by atoms with Crippen LogP contribution in [0.3, 0.4) is 0 Å². The van der Waals surface area contributed by atoms with Crippen LogP contribution in [-0.2, 0) is 11.3 Å². The number of ketones is 1. The van der Waals surface area contributed by atoms with Gasteiger partial charge in [0.15, 0.2) is 22.4 Å². The van der Waals surface area contributed by atoms with Crippen LogP contribution in [-0.4, -0.2) is 41.0 Å². The summed E-state index contributed by atoms with van der Waals surface area (Å²) in [6.07, 6.45) is 0. The molecule has 0 amide bonds. The third-order valence-corrected chi connectivity index (χ3v) is 7.12. The standard InChI is InChI=1S/C26H19BrN2O6S/c1-33-25(32)17-5-8-19-20(11-17)28-26(36-13-21(30)16-3-6-18(27)7-4-16)29(24(19)31)12-15-2-9-22-23(10-15)35-14-34-22/h2-11H,12-14H2,1H3. The maximum Gasteiger partial charge on any atom is 0.337 e. The number of rotatable bonds is 7. The van der Waals surface area contributed by atoms with Gasteiger partial charge >= 0.3 is 5.97 Å². The lowest BCUT2D eigenvalue weighted by Gasteiger charge is -2.14. The molecule has 0 spiro atoms. The molecule has 36 heavy (non-hydrogen) atoms. The maximum absolute atomic E-state index is 13.5. The smallest absolute Gasteiger partial charge is 0.337 e. The summed E-state index contributed by atoms with van der Waals surface area (Å²) in [6.45, 7) is 0.365. The lowest BCUT2D eigenvalue weighted by molar-refractivity contribution is 0.0600. The minimum Gasteiger partial charge on any atom is -0.465 e. The number of carbonyl (C=O) groups is 2. The Kier molecular flexibility index (Phi) is 6.80. The first-order valence-corrected chi connectivity index (χ1v) is 12.6. The minimum atomic E-state index is -0.525. The molecule has 0 radical (unpaired) electrons. The Hall–Kier alpha value is -3.63. The number of fused-ring (bicyclic) bond motifs is 2. The van der Waals surface area contributed by atoms with Crippen molar-refractivity contribution in [3.8, 4) is 11.5 Å². The van der Waals surface area contributed by atoms with Crippen molar-refractivity contribution in [1.29, 1.82) is 0 Å². The van der Waals surface area contributed by atoms with Crippen LogP contribution in [0.4, 0.5) is 0 Å². The van der Waals surface area contributed by atoms with Gasteiger partial charge in [-0.25, -0.2) is 9.78 Å². The number of Topliss-reactive ketones (excluding diaryl/α,β-unsaturated/α-hetero) is 1. The van der Waals surface area contributed by atoms with Crippen LogP contribution in [0.25, 0.3) is 10.9 Å². The topological polar surface area (TPSA) is 96.7 Å². The van der Waals surface area contributed by atoms with Crippen molar-refractivity contribution < 1.29 is 23.8 Å². The molecule has 1 aliphatic rings. The second kappa shape index (κ2) is 10.2. The van der Waals surface area contributed by atoms with E-state index in [1.807, 2.05) is 12.1 Å². The summed E-state index contributed by atoms with van der Waals surface area (Å²) in [5.41, 5.74) is 1.72. The second-order valence-electron chi connectivity index (χ2n) is 7.92. The molecular weight excluding hydrogens is 548 g/mol. The highest BCUT2D eigenvalue weighted by molar-refractivity contribution is 9.10. The second-order valence-corrected chi connectivity index (χ2v) is 9.77. The van der Waals surface area contributed by atoms with Crippen molar-refractivity contribution in [2.45, 2.75) is 11.7 Å². The molecule has 5 rings (SSSR count). The molecule has 1 aliphatic heterocycles. The fraction of sp³-hybridized carbons (Fsp3) is 0.154. The lowest BCUT2D eigenvalue weighted by Crippen LogP contribution is -2.24. The van der Waals surface area contributed by atoms with Gasteiger partial charge in [-0.2, -0.15) is 0 Å². The highest BCUT2D eigenvalue weighted by Gasteiger charge is 2.18. The molecule has 0 N–H and O–H groups in total. The van der Waals surface area contributed by atoms with Crippen molar-refractivity contribution in [2.75, 3.05) is 19.7 Å². The Bertz CT molecular complexity index is 1550. The average molecular weight is 567 g/mol. The van der Waals surface area contributed by atoms with E-state index in [0.717, 1.165) is 10.0 Å². The van der Waals surface area contributed by atoms with Crippen molar-refractivity contribution in [3.05, 3.63) is 92.2 Å². The van der Waals surface area contributed by atoms with E-state index in [9.17, 15) is 14.4 Å². The zero-order chi connectivity index (χ0) is 25.2. The monoisotopic (exact) mass is 566 g/mol.